The summed E-state index contributed by atoms with van der Waals surface area (Å²) >= 11 is 0. The summed E-state index contributed by atoms with van der Waals surface area (Å²) in [6.07, 6.45) is 72.1. The zero-order chi connectivity index (χ0) is 44.9. The van der Waals surface area contributed by atoms with E-state index in [1.807, 2.05) is 0 Å². The molecule has 0 rings (SSSR count). The molecule has 0 heterocycles. The highest BCUT2D eigenvalue weighted by Gasteiger charge is 2.17. The van der Waals surface area contributed by atoms with Crippen molar-refractivity contribution in [3.05, 3.63) is 122 Å². The summed E-state index contributed by atoms with van der Waals surface area (Å²) in [7, 11) is 0. The molecule has 5 heteroatoms. The zero-order valence-corrected chi connectivity index (χ0v) is 40.1. The monoisotopic (exact) mass is 857 g/mol. The van der Waals surface area contributed by atoms with E-state index in [1.165, 1.54) is 32.1 Å². The van der Waals surface area contributed by atoms with Crippen LogP contribution < -0.4 is 0 Å². The van der Waals surface area contributed by atoms with Crippen molar-refractivity contribution >= 4 is 11.9 Å². The molecule has 1 atom stereocenters. The second-order valence-corrected chi connectivity index (χ2v) is 15.9. The SMILES string of the molecule is CC/C=C\C/C=C\C/C=C\C/C=C\CCCCC(=O)OC(COCCCCCC/C=C\C/C=C\C/C=C\CC)COC(=O)CCCCCCCCC/C=C\C/C=C\C/C=C\CC. The second-order valence-electron chi connectivity index (χ2n) is 15.9. The Kier molecular flexibility index (Phi) is 48.6. The quantitative estimate of drug-likeness (QED) is 0.0347. The third-order valence-electron chi connectivity index (χ3n) is 9.97. The van der Waals surface area contributed by atoms with Gasteiger partial charge >= 0.3 is 11.9 Å². The number of rotatable bonds is 44. The molecule has 0 aliphatic heterocycles. The number of carbonyl (C=O) groups is 2. The lowest BCUT2D eigenvalue weighted by molar-refractivity contribution is -0.163. The van der Waals surface area contributed by atoms with Crippen LogP contribution in [0, 0.1) is 0 Å². The van der Waals surface area contributed by atoms with Gasteiger partial charge in [0.2, 0.25) is 0 Å². The minimum Gasteiger partial charge on any atom is -0.462 e. The van der Waals surface area contributed by atoms with Gasteiger partial charge in [-0.3, -0.25) is 9.59 Å². The number of hydrogen-bond acceptors (Lipinski definition) is 5. The maximum Gasteiger partial charge on any atom is 0.306 e. The van der Waals surface area contributed by atoms with Crippen molar-refractivity contribution in [1.82, 2.24) is 0 Å². The molecule has 5 nitrogen and oxygen atoms in total. The predicted octanol–water partition coefficient (Wildman–Crippen LogP) is 17.0. The molecular formula is C57H92O5. The summed E-state index contributed by atoms with van der Waals surface area (Å²) in [4.78, 5) is 25.4. The number of hydrogen-bond donors (Lipinski definition) is 0. The van der Waals surface area contributed by atoms with E-state index in [-0.39, 0.29) is 25.2 Å². The van der Waals surface area contributed by atoms with Crippen LogP contribution in [0.1, 0.15) is 201 Å². The van der Waals surface area contributed by atoms with E-state index >= 15 is 0 Å². The van der Waals surface area contributed by atoms with Gasteiger partial charge in [0, 0.05) is 19.4 Å². The Bertz CT molecular complexity index is 1290. The van der Waals surface area contributed by atoms with Crippen LogP contribution in [0.25, 0.3) is 0 Å². The van der Waals surface area contributed by atoms with Crippen LogP contribution in [-0.4, -0.2) is 37.9 Å². The van der Waals surface area contributed by atoms with Crippen molar-refractivity contribution in [3.8, 4) is 0 Å². The van der Waals surface area contributed by atoms with Crippen LogP contribution in [0.2, 0.25) is 0 Å². The fourth-order valence-corrected chi connectivity index (χ4v) is 6.35. The summed E-state index contributed by atoms with van der Waals surface area (Å²) in [6.45, 7) is 7.37. The highest BCUT2D eigenvalue weighted by atomic mass is 16.6. The van der Waals surface area contributed by atoms with Gasteiger partial charge in [-0.05, 0) is 122 Å². The average molecular weight is 857 g/mol. The van der Waals surface area contributed by atoms with E-state index in [1.54, 1.807) is 0 Å². The fraction of sp³-hybridized carbons (Fsp3) is 0.614. The number of allylic oxidation sites excluding steroid dienone is 20. The number of esters is 2. The Hall–Kier alpha value is -3.70. The number of unbranched alkanes of at least 4 members (excludes halogenated alkanes) is 13. The Morgan fingerprint density at radius 1 is 0.355 bits per heavy atom. The van der Waals surface area contributed by atoms with Crippen molar-refractivity contribution in [3.63, 3.8) is 0 Å². The molecule has 0 amide bonds. The minimum atomic E-state index is -0.582. The largest absolute Gasteiger partial charge is 0.462 e. The first-order valence-corrected chi connectivity index (χ1v) is 25.1. The molecule has 0 spiro atoms. The van der Waals surface area contributed by atoms with Gasteiger partial charge in [-0.25, -0.2) is 0 Å². The van der Waals surface area contributed by atoms with E-state index in [0.29, 0.717) is 19.4 Å². The van der Waals surface area contributed by atoms with Gasteiger partial charge in [0.25, 0.3) is 0 Å². The molecule has 0 aliphatic rings. The Morgan fingerprint density at radius 2 is 0.677 bits per heavy atom. The lowest BCUT2D eigenvalue weighted by atomic mass is 10.1. The summed E-state index contributed by atoms with van der Waals surface area (Å²) in [5.74, 6) is -0.479. The highest BCUT2D eigenvalue weighted by Crippen LogP contribution is 2.12. The molecule has 0 aromatic heterocycles. The van der Waals surface area contributed by atoms with Gasteiger partial charge in [0.1, 0.15) is 6.61 Å². The van der Waals surface area contributed by atoms with Gasteiger partial charge < -0.3 is 14.2 Å². The first kappa shape index (κ1) is 58.3. The summed E-state index contributed by atoms with van der Waals surface area (Å²) in [6, 6.07) is 0. The third kappa shape index (κ3) is 49.0. The Morgan fingerprint density at radius 3 is 1.11 bits per heavy atom. The van der Waals surface area contributed by atoms with Crippen molar-refractivity contribution in [2.75, 3.05) is 19.8 Å². The van der Waals surface area contributed by atoms with E-state index in [4.69, 9.17) is 14.2 Å². The lowest BCUT2D eigenvalue weighted by Gasteiger charge is -2.18. The highest BCUT2D eigenvalue weighted by molar-refractivity contribution is 5.70. The molecule has 0 bridgehead atoms. The van der Waals surface area contributed by atoms with Crippen LogP contribution in [0.3, 0.4) is 0 Å². The zero-order valence-electron chi connectivity index (χ0n) is 40.1. The predicted molar refractivity (Wildman–Crippen MR) is 269 cm³/mol. The normalized spacial score (nSPS) is 13.3. The van der Waals surface area contributed by atoms with Gasteiger partial charge in [0.05, 0.1) is 6.61 Å². The maximum absolute atomic E-state index is 12.8. The fourth-order valence-electron chi connectivity index (χ4n) is 6.35. The molecule has 0 saturated carbocycles. The topological polar surface area (TPSA) is 61.8 Å². The van der Waals surface area contributed by atoms with Crippen LogP contribution in [0.4, 0.5) is 0 Å². The second kappa shape index (κ2) is 51.6. The Labute approximate surface area is 382 Å². The van der Waals surface area contributed by atoms with E-state index in [9.17, 15) is 9.59 Å². The van der Waals surface area contributed by atoms with Gasteiger partial charge in [-0.2, -0.15) is 0 Å². The number of ether oxygens (including phenoxy) is 3. The Balaban J connectivity index is 4.41. The maximum atomic E-state index is 12.8. The molecule has 0 aromatic carbocycles. The van der Waals surface area contributed by atoms with E-state index in [0.717, 1.165) is 135 Å². The molecule has 350 valence electrons. The summed E-state index contributed by atoms with van der Waals surface area (Å²) < 4.78 is 17.3. The van der Waals surface area contributed by atoms with Gasteiger partial charge in [0.15, 0.2) is 6.10 Å². The summed E-state index contributed by atoms with van der Waals surface area (Å²) in [5, 5.41) is 0. The average Bonchev–Trinajstić information content (AvgIpc) is 3.27. The molecule has 0 radical (unpaired) electrons. The third-order valence-corrected chi connectivity index (χ3v) is 9.97. The lowest BCUT2D eigenvalue weighted by Crippen LogP contribution is -2.30. The van der Waals surface area contributed by atoms with Crippen molar-refractivity contribution in [1.29, 1.82) is 0 Å². The smallest absolute Gasteiger partial charge is 0.306 e. The molecule has 0 aliphatic carbocycles. The van der Waals surface area contributed by atoms with Gasteiger partial charge in [-0.15, -0.1) is 0 Å². The van der Waals surface area contributed by atoms with E-state index < -0.39 is 6.10 Å². The van der Waals surface area contributed by atoms with Crippen molar-refractivity contribution in [2.24, 2.45) is 0 Å². The van der Waals surface area contributed by atoms with Crippen molar-refractivity contribution in [2.45, 2.75) is 207 Å². The van der Waals surface area contributed by atoms with Gasteiger partial charge in [-0.1, -0.05) is 187 Å². The molecular weight excluding hydrogens is 765 g/mol. The van der Waals surface area contributed by atoms with E-state index in [2.05, 4.69) is 142 Å². The van der Waals surface area contributed by atoms with Crippen molar-refractivity contribution < 1.29 is 23.8 Å². The first-order valence-electron chi connectivity index (χ1n) is 25.1. The van der Waals surface area contributed by atoms with Crippen LogP contribution in [0.5, 0.6) is 0 Å². The molecule has 0 N–H and O–H groups in total. The molecule has 62 heavy (non-hydrogen) atoms. The van der Waals surface area contributed by atoms with Crippen LogP contribution in [-0.2, 0) is 23.8 Å². The standard InChI is InChI=1S/C57H92O5/c1-4-7-10-13-16-19-22-25-28-29-31-32-35-38-41-44-47-50-56(58)61-54-55(53-60-52-49-46-43-40-37-34-27-24-21-18-15-12-9-6-3)62-57(59)51-48-45-42-39-36-33-30-26-23-20-17-14-11-8-5-2/h7-12,16-21,25-28,30,34,36,39,55H,4-6,13-15,22-24,29,31-33,35,37-38,40-54H2,1-3H3/b10-7-,11-8-,12-9-,19-16-,20-17-,21-18-,28-25-,30-26-,34-27-,39-36-. The minimum absolute atomic E-state index is 0.0462. The summed E-state index contributed by atoms with van der Waals surface area (Å²) in [5.41, 5.74) is 0. The molecule has 1 unspecified atom stereocenters. The molecule has 0 fully saturated rings. The van der Waals surface area contributed by atoms with Crippen LogP contribution in [0.15, 0.2) is 122 Å². The molecule has 0 saturated heterocycles. The van der Waals surface area contributed by atoms with Crippen LogP contribution >= 0.6 is 0 Å². The number of carbonyl (C=O) groups excluding carboxylic acids is 2. The first-order chi connectivity index (χ1) is 30.6. The molecule has 0 aromatic rings.